The lowest BCUT2D eigenvalue weighted by Gasteiger charge is -2.58. The molecule has 4 aliphatic rings. The fourth-order valence-corrected chi connectivity index (χ4v) is 28.6. The van der Waals surface area contributed by atoms with Crippen molar-refractivity contribution < 1.29 is 34.8 Å². The lowest BCUT2D eigenvalue weighted by molar-refractivity contribution is 0.0781. The summed E-state index contributed by atoms with van der Waals surface area (Å²) < 4.78 is 73.9. The molecule has 16 heteroatoms. The van der Waals surface area contributed by atoms with Gasteiger partial charge in [0.15, 0.2) is 0 Å². The lowest BCUT2D eigenvalue weighted by atomic mass is 11.6. The molecular weight excluding hydrogens is 416 g/mol. The van der Waals surface area contributed by atoms with Crippen molar-refractivity contribution >= 4 is 73.2 Å². The molecule has 0 unspecified atom stereocenters. The first-order valence-electron chi connectivity index (χ1n) is 3.84. The molecule has 0 aromatic rings. The van der Waals surface area contributed by atoms with E-state index in [1.54, 1.807) is 0 Å². The van der Waals surface area contributed by atoms with E-state index in [0.717, 1.165) is 0 Å². The van der Waals surface area contributed by atoms with E-state index in [9.17, 15) is 17.6 Å². The van der Waals surface area contributed by atoms with Gasteiger partial charge < -0.3 is 0 Å². The minimum atomic E-state index is -4.44. The van der Waals surface area contributed by atoms with Crippen LogP contribution in [0.4, 0.5) is 17.6 Å². The number of rotatable bonds is 0. The standard InChI is InChI=1S/C2F4O4P4S4/c3-1(4)11(15)7-13(17)2(5,6)14(18,8-11)10-12(1,16)9-13. The van der Waals surface area contributed by atoms with E-state index in [2.05, 4.69) is 64.5 Å². The van der Waals surface area contributed by atoms with Gasteiger partial charge in [0.05, 0.1) is 0 Å². The van der Waals surface area contributed by atoms with Crippen LogP contribution in [0.3, 0.4) is 0 Å². The maximum Gasteiger partial charge on any atom is 0.392 e. The number of hydrogen-bond acceptors (Lipinski definition) is 8. The minimum absolute atomic E-state index is 3.95. The summed E-state index contributed by atoms with van der Waals surface area (Å²) in [5.74, 6) is 0. The SMILES string of the molecule is FC1(F)P2(=S)OP3(=S)OP1(=S)OP(=S)(O2)C3(F)F. The Hall–Kier alpha value is 2.16. The molecule has 0 amide bonds. The quantitative estimate of drug-likeness (QED) is 0.424. The molecule has 0 N–H and O–H groups in total. The van der Waals surface area contributed by atoms with Crippen LogP contribution in [0.2, 0.25) is 0 Å². The predicted octanol–water partition coefficient (Wildman–Crippen LogP) is 4.43. The highest BCUT2D eigenvalue weighted by Crippen LogP contribution is 3.09. The summed E-state index contributed by atoms with van der Waals surface area (Å²) in [6.07, 6.45) is 0. The molecule has 0 atom stereocenters. The maximum atomic E-state index is 14.0. The monoisotopic (exact) mass is 416 g/mol. The van der Waals surface area contributed by atoms with E-state index >= 15 is 0 Å². The molecule has 18 heavy (non-hydrogen) atoms. The first-order chi connectivity index (χ1) is 7.83. The molecule has 0 aliphatic carbocycles. The third-order valence-electron chi connectivity index (χ3n) is 2.18. The Morgan fingerprint density at radius 3 is 0.889 bits per heavy atom. The van der Waals surface area contributed by atoms with Crippen molar-refractivity contribution in [1.82, 2.24) is 0 Å². The van der Waals surface area contributed by atoms with Crippen molar-refractivity contribution in [3.8, 4) is 0 Å². The molecule has 4 saturated heterocycles. The summed E-state index contributed by atoms with van der Waals surface area (Å²) in [6.45, 7) is -17.8. The van der Waals surface area contributed by atoms with Crippen molar-refractivity contribution in [2.45, 2.75) is 10.8 Å². The van der Waals surface area contributed by atoms with Crippen LogP contribution in [0.25, 0.3) is 0 Å². The highest BCUT2D eigenvalue weighted by Gasteiger charge is 2.86. The molecule has 4 fully saturated rings. The molecule has 4 heterocycles. The second-order valence-corrected chi connectivity index (χ2v) is 18.6. The van der Waals surface area contributed by atoms with E-state index in [4.69, 9.17) is 0 Å². The molecular formula is C2F4O4P4S4. The average molecular weight is 416 g/mol. The summed E-state index contributed by atoms with van der Waals surface area (Å²) in [5, 5.41) is -7.91. The summed E-state index contributed by atoms with van der Waals surface area (Å²) in [7, 11) is 0. The van der Waals surface area contributed by atoms with Crippen molar-refractivity contribution in [3.63, 3.8) is 0 Å². The van der Waals surface area contributed by atoms with Crippen LogP contribution in [0, 0.1) is 0 Å². The Morgan fingerprint density at radius 1 is 0.556 bits per heavy atom. The number of halogens is 4. The molecule has 4 rings (SSSR count). The van der Waals surface area contributed by atoms with Gasteiger partial charge in [0.25, 0.3) is 26.0 Å². The number of alkyl halides is 4. The molecule has 104 valence electrons. The van der Waals surface area contributed by atoms with Crippen molar-refractivity contribution in [2.75, 3.05) is 0 Å². The third kappa shape index (κ3) is 1.38. The van der Waals surface area contributed by atoms with Gasteiger partial charge in [-0.25, -0.2) is 0 Å². The van der Waals surface area contributed by atoms with Crippen LogP contribution in [0.5, 0.6) is 0 Å². The first kappa shape index (κ1) is 15.1. The average Bonchev–Trinajstić information content (AvgIpc) is 2.09. The maximum absolute atomic E-state index is 14.0. The summed E-state index contributed by atoms with van der Waals surface area (Å²) in [4.78, 5) is 0. The molecule has 0 aromatic heterocycles. The van der Waals surface area contributed by atoms with Gasteiger partial charge in [-0.05, 0) is 47.2 Å². The lowest BCUT2D eigenvalue weighted by Crippen LogP contribution is -2.40. The van der Waals surface area contributed by atoms with Gasteiger partial charge in [0, 0.05) is 0 Å². The minimum Gasteiger partial charge on any atom is -0.263 e. The van der Waals surface area contributed by atoms with Crippen LogP contribution in [0.1, 0.15) is 0 Å². The fraction of sp³-hybridized carbons (Fsp3) is 1.00. The van der Waals surface area contributed by atoms with Gasteiger partial charge >= 0.3 is 10.8 Å². The van der Waals surface area contributed by atoms with Gasteiger partial charge in [0.1, 0.15) is 0 Å². The van der Waals surface area contributed by atoms with Crippen LogP contribution in [0.15, 0.2) is 0 Å². The summed E-state index contributed by atoms with van der Waals surface area (Å²) in [5.41, 5.74) is 0. The first-order valence-corrected chi connectivity index (χ1v) is 14.4. The summed E-state index contributed by atoms with van der Waals surface area (Å²) in [6, 6.07) is 0. The second kappa shape index (κ2) is 3.55. The molecule has 4 nitrogen and oxygen atoms in total. The Labute approximate surface area is 118 Å². The Kier molecular flexibility index (Phi) is 2.98. The van der Waals surface area contributed by atoms with E-state index < -0.39 is 36.8 Å². The van der Waals surface area contributed by atoms with Crippen LogP contribution in [-0.2, 0) is 64.5 Å². The zero-order valence-corrected chi connectivity index (χ0v) is 14.4. The van der Waals surface area contributed by atoms with Gasteiger partial charge in [0.2, 0.25) is 0 Å². The fourth-order valence-electron chi connectivity index (χ4n) is 1.32. The largest absolute Gasteiger partial charge is 0.392 e. The highest BCUT2D eigenvalue weighted by atomic mass is 32.5. The van der Waals surface area contributed by atoms with Gasteiger partial charge in [-0.3, -0.25) is 17.2 Å². The molecule has 0 radical (unpaired) electrons. The Balaban J connectivity index is 2.39. The van der Waals surface area contributed by atoms with Crippen LogP contribution in [-0.4, -0.2) is 10.8 Å². The van der Waals surface area contributed by atoms with Crippen LogP contribution >= 0.6 is 26.0 Å². The smallest absolute Gasteiger partial charge is 0.263 e. The van der Waals surface area contributed by atoms with E-state index in [0.29, 0.717) is 0 Å². The van der Waals surface area contributed by atoms with Crippen molar-refractivity contribution in [1.29, 1.82) is 0 Å². The molecule has 4 bridgehead atoms. The van der Waals surface area contributed by atoms with Gasteiger partial charge in [-0.2, -0.15) is 17.6 Å². The molecule has 0 spiro atoms. The van der Waals surface area contributed by atoms with Crippen molar-refractivity contribution in [2.24, 2.45) is 0 Å². The molecule has 0 aromatic carbocycles. The predicted molar refractivity (Wildman–Crippen MR) is 71.4 cm³/mol. The second-order valence-electron chi connectivity index (χ2n) is 3.34. The molecule has 4 aliphatic heterocycles. The highest BCUT2D eigenvalue weighted by molar-refractivity contribution is 8.36. The van der Waals surface area contributed by atoms with Crippen molar-refractivity contribution in [3.05, 3.63) is 0 Å². The van der Waals surface area contributed by atoms with Gasteiger partial charge in [-0.15, -0.1) is 0 Å². The Bertz CT molecular complexity index is 527. The number of hydrogen-bond donors (Lipinski definition) is 0. The zero-order chi connectivity index (χ0) is 13.8. The molecule has 0 saturated carbocycles. The normalized spacial score (nSPS) is 59.8. The third-order valence-corrected chi connectivity index (χ3v) is 24.0. The topological polar surface area (TPSA) is 36.9 Å². The van der Waals surface area contributed by atoms with Gasteiger partial charge in [-0.1, -0.05) is 0 Å². The zero-order valence-electron chi connectivity index (χ0n) is 7.57. The van der Waals surface area contributed by atoms with E-state index in [1.165, 1.54) is 0 Å². The Morgan fingerprint density at radius 2 is 0.722 bits per heavy atom. The van der Waals surface area contributed by atoms with Crippen LogP contribution < -0.4 is 0 Å². The van der Waals surface area contributed by atoms with E-state index in [-0.39, 0.29) is 0 Å². The van der Waals surface area contributed by atoms with E-state index in [1.807, 2.05) is 0 Å². The summed E-state index contributed by atoms with van der Waals surface area (Å²) >= 11 is 18.2.